The number of aryl methyl sites for hydroxylation is 1. The number of hydrogen-bond acceptors (Lipinski definition) is 4. The van der Waals surface area contributed by atoms with Gasteiger partial charge in [-0.3, -0.25) is 5.10 Å². The van der Waals surface area contributed by atoms with Crippen LogP contribution in [-0.2, 0) is 19.6 Å². The van der Waals surface area contributed by atoms with Crippen molar-refractivity contribution in [1.29, 1.82) is 0 Å². The molecule has 86 valence electrons. The molecule has 2 rings (SSSR count). The van der Waals surface area contributed by atoms with Crippen LogP contribution in [0.1, 0.15) is 10.7 Å². The smallest absolute Gasteiger partial charge is 0.195 e. The monoisotopic (exact) mass is 319 g/mol. The molecular weight excluding hydrogens is 310 g/mol. The number of thiophene rings is 1. The summed E-state index contributed by atoms with van der Waals surface area (Å²) in [7, 11) is 0. The number of hydrogen-bond donors (Lipinski definition) is 2. The molecule has 0 aliphatic carbocycles. The van der Waals surface area contributed by atoms with Crippen molar-refractivity contribution in [2.24, 2.45) is 0 Å². The zero-order valence-corrected chi connectivity index (χ0v) is 11.5. The summed E-state index contributed by atoms with van der Waals surface area (Å²) in [6, 6.07) is 4.11. The Labute approximate surface area is 110 Å². The number of H-pyrrole nitrogens is 1. The molecule has 0 unspecified atom stereocenters. The molecule has 0 spiro atoms. The van der Waals surface area contributed by atoms with Crippen molar-refractivity contribution in [1.82, 2.24) is 14.8 Å². The third-order valence-electron chi connectivity index (χ3n) is 2.19. The molecule has 4 nitrogen and oxygen atoms in total. The average molecular weight is 320 g/mol. The van der Waals surface area contributed by atoms with Crippen molar-refractivity contribution in [3.63, 3.8) is 0 Å². The standard InChI is InChI=1S/C9H10BrN3OS2/c10-7-2-1-6(16-7)3-4-13-8(5-14)11-12-9(13)15/h1-2,14H,3-5H2,(H,12,15). The summed E-state index contributed by atoms with van der Waals surface area (Å²) in [5.74, 6) is 0.584. The van der Waals surface area contributed by atoms with Crippen LogP contribution in [0.25, 0.3) is 0 Å². The molecule has 0 amide bonds. The third-order valence-corrected chi connectivity index (χ3v) is 4.18. The van der Waals surface area contributed by atoms with E-state index in [4.69, 9.17) is 17.3 Å². The first-order valence-electron chi connectivity index (χ1n) is 4.70. The van der Waals surface area contributed by atoms with Crippen molar-refractivity contribution >= 4 is 39.5 Å². The Morgan fingerprint density at radius 3 is 3.00 bits per heavy atom. The van der Waals surface area contributed by atoms with E-state index < -0.39 is 0 Å². The van der Waals surface area contributed by atoms with Gasteiger partial charge in [-0.05, 0) is 46.7 Å². The number of halogens is 1. The van der Waals surface area contributed by atoms with Crippen LogP contribution in [0.3, 0.4) is 0 Å². The first-order valence-corrected chi connectivity index (χ1v) is 6.71. The van der Waals surface area contributed by atoms with Crippen LogP contribution in [0.4, 0.5) is 0 Å². The van der Waals surface area contributed by atoms with Crippen molar-refractivity contribution in [3.8, 4) is 0 Å². The minimum atomic E-state index is -0.0960. The van der Waals surface area contributed by atoms with E-state index in [9.17, 15) is 0 Å². The minimum Gasteiger partial charge on any atom is -0.388 e. The highest BCUT2D eigenvalue weighted by atomic mass is 79.9. The van der Waals surface area contributed by atoms with Gasteiger partial charge in [0.2, 0.25) is 0 Å². The topological polar surface area (TPSA) is 53.8 Å². The van der Waals surface area contributed by atoms with E-state index in [0.717, 1.165) is 16.8 Å². The van der Waals surface area contributed by atoms with Crippen molar-refractivity contribution in [2.75, 3.05) is 0 Å². The number of aromatic amines is 1. The second kappa shape index (κ2) is 5.22. The van der Waals surface area contributed by atoms with Gasteiger partial charge in [-0.15, -0.1) is 11.3 Å². The molecule has 0 radical (unpaired) electrons. The second-order valence-corrected chi connectivity index (χ2v) is 6.14. The maximum Gasteiger partial charge on any atom is 0.195 e. The summed E-state index contributed by atoms with van der Waals surface area (Å²) in [6.45, 7) is 0.638. The quantitative estimate of drug-likeness (QED) is 0.851. The minimum absolute atomic E-state index is 0.0960. The summed E-state index contributed by atoms with van der Waals surface area (Å²) in [6.07, 6.45) is 0.886. The van der Waals surface area contributed by atoms with Crippen LogP contribution in [0.5, 0.6) is 0 Å². The van der Waals surface area contributed by atoms with E-state index in [-0.39, 0.29) is 6.61 Å². The third kappa shape index (κ3) is 2.60. The highest BCUT2D eigenvalue weighted by Gasteiger charge is 2.05. The molecule has 0 bridgehead atoms. The van der Waals surface area contributed by atoms with E-state index in [1.807, 2.05) is 10.6 Å². The number of aromatic nitrogens is 3. The molecule has 0 atom stereocenters. The largest absolute Gasteiger partial charge is 0.388 e. The van der Waals surface area contributed by atoms with Crippen molar-refractivity contribution in [3.05, 3.63) is 31.4 Å². The molecule has 0 fully saturated rings. The molecule has 7 heteroatoms. The number of aliphatic hydroxyl groups is 1. The molecule has 0 aliphatic heterocycles. The number of aliphatic hydroxyl groups excluding tert-OH is 1. The van der Waals surface area contributed by atoms with Gasteiger partial charge in [-0.25, -0.2) is 0 Å². The maximum absolute atomic E-state index is 9.08. The predicted octanol–water partition coefficient (Wildman–Crippen LogP) is 2.50. The van der Waals surface area contributed by atoms with E-state index in [0.29, 0.717) is 10.6 Å². The van der Waals surface area contributed by atoms with Gasteiger partial charge in [0.05, 0.1) is 3.79 Å². The van der Waals surface area contributed by atoms with E-state index >= 15 is 0 Å². The van der Waals surface area contributed by atoms with Gasteiger partial charge in [0.15, 0.2) is 10.6 Å². The number of nitrogens with one attached hydrogen (secondary N) is 1. The van der Waals surface area contributed by atoms with Gasteiger partial charge in [-0.2, -0.15) is 5.10 Å². The highest BCUT2D eigenvalue weighted by molar-refractivity contribution is 9.11. The van der Waals surface area contributed by atoms with Gasteiger partial charge >= 0.3 is 0 Å². The number of nitrogens with zero attached hydrogens (tertiary/aromatic N) is 2. The van der Waals surface area contributed by atoms with Gasteiger partial charge in [-0.1, -0.05) is 0 Å². The maximum atomic E-state index is 9.08. The molecule has 0 aliphatic rings. The molecule has 2 aromatic rings. The first-order chi connectivity index (χ1) is 7.70. The summed E-state index contributed by atoms with van der Waals surface area (Å²) >= 11 is 10.2. The Hall–Kier alpha value is -0.500. The van der Waals surface area contributed by atoms with Crippen molar-refractivity contribution in [2.45, 2.75) is 19.6 Å². The predicted molar refractivity (Wildman–Crippen MR) is 69.1 cm³/mol. The summed E-state index contributed by atoms with van der Waals surface area (Å²) in [5.41, 5.74) is 0. The highest BCUT2D eigenvalue weighted by Crippen LogP contribution is 2.22. The number of rotatable bonds is 4. The molecule has 0 saturated carbocycles. The lowest BCUT2D eigenvalue weighted by Crippen LogP contribution is -2.05. The average Bonchev–Trinajstić information content (AvgIpc) is 2.82. The van der Waals surface area contributed by atoms with Crippen LogP contribution < -0.4 is 0 Å². The van der Waals surface area contributed by atoms with E-state index in [1.165, 1.54) is 4.88 Å². The van der Waals surface area contributed by atoms with Crippen molar-refractivity contribution < 1.29 is 5.11 Å². The molecule has 2 aromatic heterocycles. The van der Waals surface area contributed by atoms with Gasteiger partial charge in [0, 0.05) is 11.4 Å². The van der Waals surface area contributed by atoms with Crippen LogP contribution in [0, 0.1) is 4.77 Å². The summed E-state index contributed by atoms with van der Waals surface area (Å²) in [5, 5.41) is 15.7. The molecule has 16 heavy (non-hydrogen) atoms. The van der Waals surface area contributed by atoms with Gasteiger partial charge in [0.1, 0.15) is 6.61 Å². The lowest BCUT2D eigenvalue weighted by atomic mass is 10.3. The first kappa shape index (κ1) is 12.0. The van der Waals surface area contributed by atoms with E-state index in [1.54, 1.807) is 11.3 Å². The second-order valence-electron chi connectivity index (χ2n) is 3.21. The fourth-order valence-electron chi connectivity index (χ4n) is 1.41. The van der Waals surface area contributed by atoms with Gasteiger partial charge < -0.3 is 9.67 Å². The van der Waals surface area contributed by atoms with E-state index in [2.05, 4.69) is 32.2 Å². The van der Waals surface area contributed by atoms with Gasteiger partial charge in [0.25, 0.3) is 0 Å². The van der Waals surface area contributed by atoms with Crippen LogP contribution >= 0.6 is 39.5 Å². The summed E-state index contributed by atoms with van der Waals surface area (Å²) in [4.78, 5) is 1.28. The fourth-order valence-corrected chi connectivity index (χ4v) is 3.12. The normalized spacial score (nSPS) is 10.9. The summed E-state index contributed by atoms with van der Waals surface area (Å²) < 4.78 is 3.50. The Morgan fingerprint density at radius 2 is 2.38 bits per heavy atom. The lowest BCUT2D eigenvalue weighted by Gasteiger charge is -2.03. The molecule has 2 N–H and O–H groups in total. The Kier molecular flexibility index (Phi) is 3.91. The molecule has 0 aromatic carbocycles. The van der Waals surface area contributed by atoms with Crippen LogP contribution in [0.2, 0.25) is 0 Å². The zero-order chi connectivity index (χ0) is 11.5. The Bertz CT molecular complexity index is 531. The fraction of sp³-hybridized carbons (Fsp3) is 0.333. The SMILES string of the molecule is OCc1n[nH]c(=S)n1CCc1ccc(Br)s1. The molecule has 2 heterocycles. The Morgan fingerprint density at radius 1 is 1.56 bits per heavy atom. The zero-order valence-electron chi connectivity index (χ0n) is 8.31. The lowest BCUT2D eigenvalue weighted by molar-refractivity contribution is 0.264. The Balaban J connectivity index is 2.09. The van der Waals surface area contributed by atoms with Crippen LogP contribution in [-0.4, -0.2) is 19.9 Å². The van der Waals surface area contributed by atoms with Crippen LogP contribution in [0.15, 0.2) is 15.9 Å². The molecule has 0 saturated heterocycles. The molecular formula is C9H10BrN3OS2.